The molecule has 1 aromatic carbocycles. The molecule has 0 saturated heterocycles. The van der Waals surface area contributed by atoms with Gasteiger partial charge in [-0.2, -0.15) is 0 Å². The second kappa shape index (κ2) is 5.80. The molecule has 1 N–H and O–H groups in total. The Morgan fingerprint density at radius 1 is 1.29 bits per heavy atom. The number of hydrogen-bond acceptors (Lipinski definition) is 4. The maximum atomic E-state index is 11.1. The molecule has 1 rings (SSSR count). The molecule has 0 saturated carbocycles. The molecule has 0 atom stereocenters. The molecule has 0 bridgehead atoms. The number of phenolic OH excluding ortho intramolecular Hbond substituents is 1. The van der Waals surface area contributed by atoms with E-state index in [-0.39, 0.29) is 40.9 Å². The van der Waals surface area contributed by atoms with Crippen LogP contribution in [0.5, 0.6) is 5.75 Å². The molecule has 1 aromatic rings. The molecule has 0 aliphatic carbocycles. The molecule has 0 aliphatic heterocycles. The van der Waals surface area contributed by atoms with Crippen LogP contribution in [0.2, 0.25) is 0 Å². The van der Waals surface area contributed by atoms with E-state index in [0.29, 0.717) is 0 Å². The van der Waals surface area contributed by atoms with Crippen molar-refractivity contribution in [3.05, 3.63) is 29.8 Å². The van der Waals surface area contributed by atoms with Crippen LogP contribution in [-0.2, 0) is 9.53 Å². The van der Waals surface area contributed by atoms with Crippen molar-refractivity contribution >= 4 is 41.5 Å². The first-order valence-corrected chi connectivity index (χ1v) is 3.62. The van der Waals surface area contributed by atoms with Crippen molar-refractivity contribution in [1.29, 1.82) is 0 Å². The van der Waals surface area contributed by atoms with Crippen molar-refractivity contribution in [3.8, 4) is 5.75 Å². The van der Waals surface area contributed by atoms with Gasteiger partial charge in [-0.1, -0.05) is 12.1 Å². The summed E-state index contributed by atoms with van der Waals surface area (Å²) in [5.74, 6) is -1.74. The molecule has 70 valence electrons. The van der Waals surface area contributed by atoms with Crippen LogP contribution in [0.1, 0.15) is 17.3 Å². The first kappa shape index (κ1) is 13.2. The van der Waals surface area contributed by atoms with Gasteiger partial charge in [0.2, 0.25) is 0 Å². The van der Waals surface area contributed by atoms with E-state index >= 15 is 0 Å². The fourth-order valence-corrected chi connectivity index (χ4v) is 0.832. The zero-order valence-corrected chi connectivity index (χ0v) is 6.98. The van der Waals surface area contributed by atoms with Crippen LogP contribution in [0, 0.1) is 0 Å². The number of hydrogen-bond donors (Lipinski definition) is 1. The van der Waals surface area contributed by atoms with Crippen molar-refractivity contribution in [2.45, 2.75) is 6.92 Å². The number of carbonyl (C=O) groups excluding carboxylic acids is 2. The standard InChI is InChI=1S/C9H8O4.Na.H/c1-6(10)13-9(12)7-4-2-3-5-8(7)11;;/h2-5,11H,1H3;;. The minimum atomic E-state index is -0.842. The number of rotatable bonds is 1. The Kier molecular flexibility index (Phi) is 5.45. The predicted molar refractivity (Wildman–Crippen MR) is 51.4 cm³/mol. The first-order chi connectivity index (χ1) is 6.11. The van der Waals surface area contributed by atoms with Crippen LogP contribution in [0.25, 0.3) is 0 Å². The fraction of sp³-hybridized carbons (Fsp3) is 0.111. The second-order valence-electron chi connectivity index (χ2n) is 2.40. The van der Waals surface area contributed by atoms with Gasteiger partial charge in [0.1, 0.15) is 11.3 Å². The third-order valence-electron chi connectivity index (χ3n) is 1.36. The molecular formula is C9H9NaO4. The van der Waals surface area contributed by atoms with Crippen LogP contribution in [0.4, 0.5) is 0 Å². The Balaban J connectivity index is 0.00000169. The van der Waals surface area contributed by atoms with E-state index < -0.39 is 11.9 Å². The third kappa shape index (κ3) is 3.49. The van der Waals surface area contributed by atoms with Crippen LogP contribution in [0.3, 0.4) is 0 Å². The van der Waals surface area contributed by atoms with Gasteiger partial charge in [0.25, 0.3) is 0 Å². The number of ether oxygens (including phenoxy) is 1. The number of aromatic hydroxyl groups is 1. The molecule has 0 spiro atoms. The van der Waals surface area contributed by atoms with E-state index in [1.807, 2.05) is 0 Å². The summed E-state index contributed by atoms with van der Waals surface area (Å²) < 4.78 is 4.28. The molecule has 5 heteroatoms. The summed E-state index contributed by atoms with van der Waals surface area (Å²) in [5.41, 5.74) is -0.0160. The average Bonchev–Trinajstić information content (AvgIpc) is 2.03. The number of phenols is 1. The van der Waals surface area contributed by atoms with Crippen molar-refractivity contribution < 1.29 is 19.4 Å². The second-order valence-corrected chi connectivity index (χ2v) is 2.40. The Morgan fingerprint density at radius 2 is 1.86 bits per heavy atom. The van der Waals surface area contributed by atoms with Gasteiger partial charge in [-0.3, -0.25) is 4.79 Å². The van der Waals surface area contributed by atoms with Crippen molar-refractivity contribution in [3.63, 3.8) is 0 Å². The number of carbonyl (C=O) groups is 2. The number of para-hydroxylation sites is 1. The molecule has 0 fully saturated rings. The predicted octanol–water partition coefficient (Wildman–Crippen LogP) is 0.447. The van der Waals surface area contributed by atoms with Gasteiger partial charge < -0.3 is 9.84 Å². The topological polar surface area (TPSA) is 63.6 Å². The molecule has 0 unspecified atom stereocenters. The zero-order valence-electron chi connectivity index (χ0n) is 6.98. The minimum absolute atomic E-state index is 0. The van der Waals surface area contributed by atoms with Gasteiger partial charge in [-0.25, -0.2) is 4.79 Å². The molecule has 0 aliphatic rings. The van der Waals surface area contributed by atoms with Gasteiger partial charge in [-0.15, -0.1) is 0 Å². The van der Waals surface area contributed by atoms with Crippen LogP contribution < -0.4 is 0 Å². The SMILES string of the molecule is CC(=O)OC(=O)c1ccccc1O.[NaH]. The van der Waals surface area contributed by atoms with Gasteiger partial charge in [0, 0.05) is 6.92 Å². The quantitative estimate of drug-likeness (QED) is 0.409. The van der Waals surface area contributed by atoms with Gasteiger partial charge in [0.15, 0.2) is 0 Å². The summed E-state index contributed by atoms with van der Waals surface area (Å²) >= 11 is 0. The van der Waals surface area contributed by atoms with Crippen molar-refractivity contribution in [2.75, 3.05) is 0 Å². The van der Waals surface area contributed by atoms with E-state index in [2.05, 4.69) is 4.74 Å². The van der Waals surface area contributed by atoms with E-state index in [9.17, 15) is 14.7 Å². The zero-order chi connectivity index (χ0) is 9.84. The summed E-state index contributed by atoms with van der Waals surface area (Å²) in [6.45, 7) is 1.12. The number of esters is 2. The summed E-state index contributed by atoms with van der Waals surface area (Å²) in [6.07, 6.45) is 0. The molecule has 0 radical (unpaired) electrons. The Morgan fingerprint density at radius 3 is 2.36 bits per heavy atom. The molecule has 0 aromatic heterocycles. The summed E-state index contributed by atoms with van der Waals surface area (Å²) in [6, 6.07) is 5.85. The van der Waals surface area contributed by atoms with E-state index in [0.717, 1.165) is 6.92 Å². The normalized spacial score (nSPS) is 8.64. The van der Waals surface area contributed by atoms with Crippen LogP contribution in [0.15, 0.2) is 24.3 Å². The Bertz CT molecular complexity index is 348. The molecule has 0 heterocycles. The van der Waals surface area contributed by atoms with Gasteiger partial charge >= 0.3 is 41.5 Å². The fourth-order valence-electron chi connectivity index (χ4n) is 0.832. The van der Waals surface area contributed by atoms with E-state index in [4.69, 9.17) is 0 Å². The molecular weight excluding hydrogens is 195 g/mol. The van der Waals surface area contributed by atoms with Crippen molar-refractivity contribution in [2.24, 2.45) is 0 Å². The summed E-state index contributed by atoms with van der Waals surface area (Å²) in [7, 11) is 0. The number of benzene rings is 1. The molecule has 14 heavy (non-hydrogen) atoms. The maximum absolute atomic E-state index is 11.1. The van der Waals surface area contributed by atoms with Gasteiger partial charge in [-0.05, 0) is 12.1 Å². The summed E-state index contributed by atoms with van der Waals surface area (Å²) in [5, 5.41) is 9.18. The average molecular weight is 204 g/mol. The van der Waals surface area contributed by atoms with Crippen LogP contribution >= 0.6 is 0 Å². The Labute approximate surface area is 103 Å². The Hall–Kier alpha value is -0.840. The van der Waals surface area contributed by atoms with Crippen LogP contribution in [-0.4, -0.2) is 46.6 Å². The monoisotopic (exact) mass is 204 g/mol. The van der Waals surface area contributed by atoms with E-state index in [1.54, 1.807) is 12.1 Å². The third-order valence-corrected chi connectivity index (χ3v) is 1.36. The van der Waals surface area contributed by atoms with E-state index in [1.165, 1.54) is 12.1 Å². The van der Waals surface area contributed by atoms with Gasteiger partial charge in [0.05, 0.1) is 0 Å². The first-order valence-electron chi connectivity index (χ1n) is 3.62. The molecule has 4 nitrogen and oxygen atoms in total. The summed E-state index contributed by atoms with van der Waals surface area (Å²) in [4.78, 5) is 21.5. The molecule has 0 amide bonds. The van der Waals surface area contributed by atoms with Crippen molar-refractivity contribution in [1.82, 2.24) is 0 Å².